The summed E-state index contributed by atoms with van der Waals surface area (Å²) in [6.07, 6.45) is 0.387. The average Bonchev–Trinajstić information content (AvgIpc) is 2.84. The third kappa shape index (κ3) is 11.5. The molecule has 2 aromatic carbocycles. The number of carbonyl (C=O) groups is 2. The number of hydrogen-bond donors (Lipinski definition) is 5. The summed E-state index contributed by atoms with van der Waals surface area (Å²) in [7, 11) is -3.89. The van der Waals surface area contributed by atoms with Gasteiger partial charge in [-0.1, -0.05) is 60.7 Å². The van der Waals surface area contributed by atoms with Crippen LogP contribution in [0.2, 0.25) is 0 Å². The largest absolute Gasteiger partial charge is 0.480 e. The van der Waals surface area contributed by atoms with Crippen LogP contribution in [-0.2, 0) is 32.5 Å². The van der Waals surface area contributed by atoms with Crippen molar-refractivity contribution >= 4 is 27.9 Å². The molecule has 0 unspecified atom stereocenters. The van der Waals surface area contributed by atoms with E-state index in [9.17, 15) is 33.2 Å². The second-order valence-corrected chi connectivity index (χ2v) is 9.98. The average molecular weight is 535 g/mol. The molecule has 6 N–H and O–H groups in total. The Balaban J connectivity index is 2.05. The van der Waals surface area contributed by atoms with E-state index in [1.807, 2.05) is 6.07 Å². The van der Waals surface area contributed by atoms with Crippen LogP contribution in [0, 0.1) is 10.1 Å². The maximum atomic E-state index is 13.0. The van der Waals surface area contributed by atoms with Crippen LogP contribution in [0.4, 0.5) is 0 Å². The summed E-state index contributed by atoms with van der Waals surface area (Å²) < 4.78 is 28.0. The zero-order chi connectivity index (χ0) is 27.3. The standard InChI is InChI=1S/C23H30N6O7S/c24-23(27-29(33)34)25-14-7-12-19(22(31)32)26-21(30)20(16-18-10-5-2-6-11-18)28-37(35,36)15-13-17-8-3-1-4-9-17/h1-6,8-11,19-20,28H,7,12-16H2,(H,26,30)(H,31,32)(H3,24,25,27)/t19-,20+/m0/s1. The second kappa shape index (κ2) is 14.5. The molecule has 1 amide bonds. The topological polar surface area (TPSA) is 206 Å². The molecule has 13 nitrogen and oxygen atoms in total. The predicted molar refractivity (Wildman–Crippen MR) is 136 cm³/mol. The minimum absolute atomic E-state index is 0.0129. The molecule has 37 heavy (non-hydrogen) atoms. The molecule has 2 aromatic rings. The van der Waals surface area contributed by atoms with Gasteiger partial charge in [-0.3, -0.25) is 4.79 Å². The van der Waals surface area contributed by atoms with Gasteiger partial charge >= 0.3 is 5.97 Å². The van der Waals surface area contributed by atoms with E-state index in [1.54, 1.807) is 54.6 Å². The molecule has 0 aromatic heterocycles. The van der Waals surface area contributed by atoms with Crippen LogP contribution >= 0.6 is 0 Å². The first-order valence-electron chi connectivity index (χ1n) is 11.4. The third-order valence-corrected chi connectivity index (χ3v) is 6.59. The van der Waals surface area contributed by atoms with E-state index in [2.05, 4.69) is 20.5 Å². The number of rotatable bonds is 15. The first-order valence-corrected chi connectivity index (χ1v) is 13.0. The highest BCUT2D eigenvalue weighted by molar-refractivity contribution is 7.89. The molecule has 2 atom stereocenters. The summed E-state index contributed by atoms with van der Waals surface area (Å²) in [6.45, 7) is 0.0718. The Kier molecular flexibility index (Phi) is 11.4. The van der Waals surface area contributed by atoms with E-state index >= 15 is 0 Å². The number of nitrogens with two attached hydrogens (primary N) is 1. The number of carbonyl (C=O) groups excluding carboxylic acids is 1. The number of benzene rings is 2. The van der Waals surface area contributed by atoms with Crippen LogP contribution in [0.15, 0.2) is 65.8 Å². The van der Waals surface area contributed by atoms with Gasteiger partial charge in [0.15, 0.2) is 5.03 Å². The molecule has 0 bridgehead atoms. The number of nitrogens with one attached hydrogen (secondary N) is 3. The van der Waals surface area contributed by atoms with Gasteiger partial charge in [0, 0.05) is 6.54 Å². The minimum Gasteiger partial charge on any atom is -0.480 e. The number of carboxylic acids is 1. The lowest BCUT2D eigenvalue weighted by Crippen LogP contribution is -2.53. The number of hydrogen-bond acceptors (Lipinski definition) is 6. The van der Waals surface area contributed by atoms with Crippen LogP contribution in [0.1, 0.15) is 24.0 Å². The monoisotopic (exact) mass is 534 g/mol. The number of sulfonamides is 1. The van der Waals surface area contributed by atoms with Crippen LogP contribution in [0.3, 0.4) is 0 Å². The van der Waals surface area contributed by atoms with Gasteiger partial charge in [-0.05, 0) is 36.8 Å². The van der Waals surface area contributed by atoms with Crippen LogP contribution in [-0.4, -0.2) is 60.8 Å². The molecule has 0 aliphatic rings. The first-order chi connectivity index (χ1) is 17.6. The van der Waals surface area contributed by atoms with Gasteiger partial charge in [-0.2, -0.15) is 0 Å². The molecule has 14 heteroatoms. The Bertz CT molecular complexity index is 1180. The summed E-state index contributed by atoms with van der Waals surface area (Å²) in [5.74, 6) is -2.79. The zero-order valence-corrected chi connectivity index (χ0v) is 20.8. The van der Waals surface area contributed by atoms with Crippen LogP contribution in [0.5, 0.6) is 0 Å². The smallest absolute Gasteiger partial charge is 0.326 e. The molecule has 0 saturated heterocycles. The molecular formula is C23H30N6O7S. The summed E-state index contributed by atoms with van der Waals surface area (Å²) >= 11 is 0. The molecule has 0 aliphatic carbocycles. The summed E-state index contributed by atoms with van der Waals surface area (Å²) in [4.78, 5) is 35.1. The van der Waals surface area contributed by atoms with Crippen LogP contribution in [0.25, 0.3) is 0 Å². The fraction of sp³-hybridized carbons (Fsp3) is 0.348. The number of amides is 1. The normalized spacial score (nSPS) is 13.4. The van der Waals surface area contributed by atoms with Gasteiger partial charge in [0.05, 0.1) is 5.75 Å². The molecular weight excluding hydrogens is 504 g/mol. The molecule has 0 aliphatic heterocycles. The van der Waals surface area contributed by atoms with E-state index in [0.29, 0.717) is 5.56 Å². The number of aliphatic carboxylic acids is 1. The van der Waals surface area contributed by atoms with Gasteiger partial charge < -0.3 is 21.5 Å². The van der Waals surface area contributed by atoms with Gasteiger partial charge in [0.2, 0.25) is 15.9 Å². The number of aryl methyl sites for hydroxylation is 1. The summed E-state index contributed by atoms with van der Waals surface area (Å²) in [5.41, 5.74) is 6.82. The SMILES string of the molecule is NC(=N[N+](=O)[O-])NCCC[C@H](NC(=O)[C@@H](Cc1ccccc1)NS(=O)(=O)CCc1ccccc1)C(=O)O. The minimum atomic E-state index is -3.89. The number of hydrazone groups is 1. The molecule has 0 heterocycles. The van der Waals surface area contributed by atoms with Crippen molar-refractivity contribution < 1.29 is 28.1 Å². The Hall–Kier alpha value is -4.04. The van der Waals surface area contributed by atoms with Crippen molar-refractivity contribution in [3.05, 3.63) is 81.9 Å². The summed E-state index contributed by atoms with van der Waals surface area (Å²) in [6, 6.07) is 15.2. The van der Waals surface area contributed by atoms with Gasteiger partial charge in [0.25, 0.3) is 5.96 Å². The van der Waals surface area contributed by atoms with Gasteiger partial charge in [-0.15, -0.1) is 0 Å². The van der Waals surface area contributed by atoms with Crippen molar-refractivity contribution in [3.8, 4) is 0 Å². The molecule has 200 valence electrons. The van der Waals surface area contributed by atoms with Crippen molar-refractivity contribution in [2.45, 2.75) is 37.8 Å². The van der Waals surface area contributed by atoms with E-state index in [0.717, 1.165) is 5.56 Å². The Morgan fingerprint density at radius 2 is 1.62 bits per heavy atom. The van der Waals surface area contributed by atoms with E-state index in [-0.39, 0.29) is 38.0 Å². The van der Waals surface area contributed by atoms with Crippen molar-refractivity contribution in [3.63, 3.8) is 0 Å². The number of nitrogens with zero attached hydrogens (tertiary/aromatic N) is 2. The fourth-order valence-electron chi connectivity index (χ4n) is 3.39. The van der Waals surface area contributed by atoms with Gasteiger partial charge in [0.1, 0.15) is 17.2 Å². The Morgan fingerprint density at radius 3 is 2.19 bits per heavy atom. The maximum absolute atomic E-state index is 13.0. The van der Waals surface area contributed by atoms with E-state index in [4.69, 9.17) is 5.73 Å². The maximum Gasteiger partial charge on any atom is 0.326 e. The molecule has 0 fully saturated rings. The molecule has 0 spiro atoms. The number of guanidine groups is 1. The molecule has 0 radical (unpaired) electrons. The van der Waals surface area contributed by atoms with Crippen molar-refractivity contribution in [1.29, 1.82) is 0 Å². The Labute approximate surface area is 214 Å². The number of nitro groups is 1. The van der Waals surface area contributed by atoms with Crippen molar-refractivity contribution in [2.24, 2.45) is 10.8 Å². The van der Waals surface area contributed by atoms with Crippen molar-refractivity contribution in [2.75, 3.05) is 12.3 Å². The highest BCUT2D eigenvalue weighted by Crippen LogP contribution is 2.08. The lowest BCUT2D eigenvalue weighted by atomic mass is 10.1. The van der Waals surface area contributed by atoms with Crippen molar-refractivity contribution in [1.82, 2.24) is 15.4 Å². The highest BCUT2D eigenvalue weighted by atomic mass is 32.2. The lowest BCUT2D eigenvalue weighted by Gasteiger charge is -2.22. The fourth-order valence-corrected chi connectivity index (χ4v) is 4.63. The van der Waals surface area contributed by atoms with Crippen LogP contribution < -0.4 is 21.1 Å². The second-order valence-electron chi connectivity index (χ2n) is 8.11. The van der Waals surface area contributed by atoms with E-state index in [1.165, 1.54) is 0 Å². The highest BCUT2D eigenvalue weighted by Gasteiger charge is 2.28. The predicted octanol–water partition coefficient (Wildman–Crippen LogP) is 0.205. The lowest BCUT2D eigenvalue weighted by molar-refractivity contribution is -0.485. The molecule has 0 saturated carbocycles. The van der Waals surface area contributed by atoms with E-state index < -0.39 is 45.0 Å². The first kappa shape index (κ1) is 29.2. The summed E-state index contributed by atoms with van der Waals surface area (Å²) in [5, 5.41) is 26.6. The quantitative estimate of drug-likeness (QED) is 0.0694. The third-order valence-electron chi connectivity index (χ3n) is 5.20. The molecule has 2 rings (SSSR count). The van der Waals surface area contributed by atoms with Gasteiger partial charge in [-0.25, -0.2) is 28.0 Å². The Morgan fingerprint density at radius 1 is 1.03 bits per heavy atom. The number of carboxylic acid groups (broad SMARTS) is 1. The zero-order valence-electron chi connectivity index (χ0n) is 19.9.